The topological polar surface area (TPSA) is 95.9 Å². The number of hydrogen-bond acceptors (Lipinski definition) is 5. The average molecular weight is 278 g/mol. The summed E-state index contributed by atoms with van der Waals surface area (Å²) in [7, 11) is 0. The Morgan fingerprint density at radius 3 is 2.80 bits per heavy atom. The highest BCUT2D eigenvalue weighted by Crippen LogP contribution is 2.13. The van der Waals surface area contributed by atoms with Gasteiger partial charge >= 0.3 is 12.0 Å². The first-order chi connectivity index (χ1) is 9.49. The largest absolute Gasteiger partial charge is 0.508 e. The summed E-state index contributed by atoms with van der Waals surface area (Å²) >= 11 is 0. The van der Waals surface area contributed by atoms with E-state index in [2.05, 4.69) is 5.32 Å². The van der Waals surface area contributed by atoms with Gasteiger partial charge in [-0.3, -0.25) is 9.69 Å². The number of aromatic hydroxyl groups is 1. The molecule has 20 heavy (non-hydrogen) atoms. The number of esters is 1. The number of hydrogen-bond donors (Lipinski definition) is 2. The average Bonchev–Trinajstić information content (AvgIpc) is 2.84. The van der Waals surface area contributed by atoms with E-state index in [1.807, 2.05) is 0 Å². The number of benzene rings is 1. The summed E-state index contributed by atoms with van der Waals surface area (Å²) < 4.78 is 4.99. The molecule has 1 atom stereocenters. The molecule has 0 aromatic heterocycles. The first kappa shape index (κ1) is 13.9. The van der Waals surface area contributed by atoms with Crippen LogP contribution in [-0.2, 0) is 9.53 Å². The van der Waals surface area contributed by atoms with E-state index in [0.29, 0.717) is 6.54 Å². The lowest BCUT2D eigenvalue weighted by Crippen LogP contribution is -2.41. The standard InChI is InChI=1S/C13H14N2O5/c1-8(11(17)15-6-5-14-13(15)19)20-12(18)9-3-2-4-10(16)7-9/h2-4,7-8,16H,5-6H2,1H3,(H,14,19)/t8-/m1/s1. The zero-order chi connectivity index (χ0) is 14.7. The second kappa shape index (κ2) is 5.60. The van der Waals surface area contributed by atoms with Crippen molar-refractivity contribution < 1.29 is 24.2 Å². The third kappa shape index (κ3) is 2.87. The zero-order valence-corrected chi connectivity index (χ0v) is 10.8. The van der Waals surface area contributed by atoms with E-state index in [0.717, 1.165) is 4.90 Å². The molecule has 2 N–H and O–H groups in total. The van der Waals surface area contributed by atoms with Crippen LogP contribution < -0.4 is 5.32 Å². The van der Waals surface area contributed by atoms with Gasteiger partial charge in [0.25, 0.3) is 5.91 Å². The summed E-state index contributed by atoms with van der Waals surface area (Å²) in [6, 6.07) is 5.12. The summed E-state index contributed by atoms with van der Waals surface area (Å²) in [5.41, 5.74) is 0.135. The van der Waals surface area contributed by atoms with E-state index < -0.39 is 24.0 Å². The maximum atomic E-state index is 11.9. The van der Waals surface area contributed by atoms with Crippen LogP contribution in [0.3, 0.4) is 0 Å². The van der Waals surface area contributed by atoms with Gasteiger partial charge in [0.1, 0.15) is 5.75 Å². The number of carbonyl (C=O) groups is 3. The summed E-state index contributed by atoms with van der Waals surface area (Å²) in [5, 5.41) is 11.8. The van der Waals surface area contributed by atoms with Crippen molar-refractivity contribution in [2.45, 2.75) is 13.0 Å². The maximum absolute atomic E-state index is 11.9. The molecule has 1 aromatic carbocycles. The van der Waals surface area contributed by atoms with Crippen LogP contribution in [0.5, 0.6) is 5.75 Å². The monoisotopic (exact) mass is 278 g/mol. The molecule has 1 heterocycles. The van der Waals surface area contributed by atoms with E-state index in [-0.39, 0.29) is 17.9 Å². The fraction of sp³-hybridized carbons (Fsp3) is 0.308. The third-order valence-corrected chi connectivity index (χ3v) is 2.84. The lowest BCUT2D eigenvalue weighted by molar-refractivity contribution is -0.136. The van der Waals surface area contributed by atoms with Gasteiger partial charge in [-0.15, -0.1) is 0 Å². The van der Waals surface area contributed by atoms with Crippen LogP contribution >= 0.6 is 0 Å². The SMILES string of the molecule is C[C@@H](OC(=O)c1cccc(O)c1)C(=O)N1CCNC1=O. The van der Waals surface area contributed by atoms with Crippen LogP contribution in [0.1, 0.15) is 17.3 Å². The lowest BCUT2D eigenvalue weighted by atomic mass is 10.2. The van der Waals surface area contributed by atoms with Crippen LogP contribution in [0.2, 0.25) is 0 Å². The van der Waals surface area contributed by atoms with Gasteiger partial charge in [-0.1, -0.05) is 6.07 Å². The number of rotatable bonds is 3. The van der Waals surface area contributed by atoms with Crippen molar-refractivity contribution in [2.75, 3.05) is 13.1 Å². The highest BCUT2D eigenvalue weighted by molar-refractivity contribution is 5.99. The minimum absolute atomic E-state index is 0.0719. The third-order valence-electron chi connectivity index (χ3n) is 2.84. The van der Waals surface area contributed by atoms with Crippen molar-refractivity contribution in [3.63, 3.8) is 0 Å². The first-order valence-electron chi connectivity index (χ1n) is 6.08. The molecule has 1 aromatic rings. The second-order valence-electron chi connectivity index (χ2n) is 4.32. The molecule has 3 amide bonds. The molecule has 1 saturated heterocycles. The Morgan fingerprint density at radius 1 is 1.45 bits per heavy atom. The van der Waals surface area contributed by atoms with Crippen LogP contribution in [0.15, 0.2) is 24.3 Å². The normalized spacial score (nSPS) is 15.7. The Balaban J connectivity index is 2.00. The van der Waals surface area contributed by atoms with E-state index in [4.69, 9.17) is 4.74 Å². The Hall–Kier alpha value is -2.57. The van der Waals surface area contributed by atoms with Crippen molar-refractivity contribution in [3.8, 4) is 5.75 Å². The summed E-state index contributed by atoms with van der Waals surface area (Å²) in [6.07, 6.45) is -1.08. The highest BCUT2D eigenvalue weighted by atomic mass is 16.5. The number of phenolic OH excluding ortho intramolecular Hbond substituents is 1. The number of carbonyl (C=O) groups excluding carboxylic acids is 3. The smallest absolute Gasteiger partial charge is 0.339 e. The predicted molar refractivity (Wildman–Crippen MR) is 68.1 cm³/mol. The van der Waals surface area contributed by atoms with E-state index >= 15 is 0 Å². The van der Waals surface area contributed by atoms with E-state index in [1.165, 1.54) is 31.2 Å². The number of phenols is 1. The van der Waals surface area contributed by atoms with Crippen molar-refractivity contribution in [2.24, 2.45) is 0 Å². The van der Waals surface area contributed by atoms with Crippen molar-refractivity contribution in [3.05, 3.63) is 29.8 Å². The van der Waals surface area contributed by atoms with Gasteiger partial charge in [0, 0.05) is 13.1 Å². The van der Waals surface area contributed by atoms with Crippen LogP contribution in [-0.4, -0.2) is 47.1 Å². The Kier molecular flexibility index (Phi) is 3.88. The molecule has 7 nitrogen and oxygen atoms in total. The van der Waals surface area contributed by atoms with Crippen LogP contribution in [0.25, 0.3) is 0 Å². The molecule has 0 unspecified atom stereocenters. The van der Waals surface area contributed by atoms with E-state index in [9.17, 15) is 19.5 Å². The molecular weight excluding hydrogens is 264 g/mol. The van der Waals surface area contributed by atoms with Gasteiger partial charge in [-0.05, 0) is 25.1 Å². The second-order valence-corrected chi connectivity index (χ2v) is 4.32. The molecule has 106 valence electrons. The molecule has 0 bridgehead atoms. The Labute approximate surface area is 115 Å². The Morgan fingerprint density at radius 2 is 2.20 bits per heavy atom. The van der Waals surface area contributed by atoms with Crippen molar-refractivity contribution >= 4 is 17.9 Å². The van der Waals surface area contributed by atoms with Crippen LogP contribution in [0, 0.1) is 0 Å². The number of nitrogens with zero attached hydrogens (tertiary/aromatic N) is 1. The van der Waals surface area contributed by atoms with Gasteiger partial charge in [-0.2, -0.15) is 0 Å². The number of urea groups is 1. The fourth-order valence-electron chi connectivity index (χ4n) is 1.81. The molecular formula is C13H14N2O5. The maximum Gasteiger partial charge on any atom is 0.339 e. The number of amides is 3. The minimum Gasteiger partial charge on any atom is -0.508 e. The molecule has 7 heteroatoms. The predicted octanol–water partition coefficient (Wildman–Crippen LogP) is 0.489. The van der Waals surface area contributed by atoms with Gasteiger partial charge in [0.2, 0.25) is 0 Å². The van der Waals surface area contributed by atoms with Gasteiger partial charge in [-0.25, -0.2) is 9.59 Å². The summed E-state index contributed by atoms with van der Waals surface area (Å²) in [5.74, 6) is -1.38. The van der Waals surface area contributed by atoms with Gasteiger partial charge in [0.15, 0.2) is 6.10 Å². The number of nitrogens with one attached hydrogen (secondary N) is 1. The van der Waals surface area contributed by atoms with Gasteiger partial charge < -0.3 is 15.2 Å². The molecule has 0 aliphatic carbocycles. The van der Waals surface area contributed by atoms with Crippen molar-refractivity contribution in [1.82, 2.24) is 10.2 Å². The molecule has 0 radical (unpaired) electrons. The summed E-state index contributed by atoms with van der Waals surface area (Å²) in [4.78, 5) is 36.1. The quantitative estimate of drug-likeness (QED) is 0.784. The highest BCUT2D eigenvalue weighted by Gasteiger charge is 2.31. The van der Waals surface area contributed by atoms with Gasteiger partial charge in [0.05, 0.1) is 5.56 Å². The molecule has 2 rings (SSSR count). The lowest BCUT2D eigenvalue weighted by Gasteiger charge is -2.18. The Bertz CT molecular complexity index is 557. The molecule has 0 saturated carbocycles. The minimum atomic E-state index is -1.08. The molecule has 1 aliphatic heterocycles. The fourth-order valence-corrected chi connectivity index (χ4v) is 1.81. The molecule has 1 fully saturated rings. The van der Waals surface area contributed by atoms with Crippen molar-refractivity contribution in [1.29, 1.82) is 0 Å². The zero-order valence-electron chi connectivity index (χ0n) is 10.8. The molecule has 0 spiro atoms. The summed E-state index contributed by atoms with van der Waals surface area (Å²) in [6.45, 7) is 2.04. The van der Waals surface area contributed by atoms with E-state index in [1.54, 1.807) is 0 Å². The number of imide groups is 1. The number of ether oxygens (including phenoxy) is 1. The first-order valence-corrected chi connectivity index (χ1v) is 6.08. The van der Waals surface area contributed by atoms with Crippen LogP contribution in [0.4, 0.5) is 4.79 Å². The molecule has 1 aliphatic rings.